The van der Waals surface area contributed by atoms with E-state index in [2.05, 4.69) is 39.0 Å². The predicted octanol–water partition coefficient (Wildman–Crippen LogP) is 4.31. The zero-order chi connectivity index (χ0) is 23.7. The van der Waals surface area contributed by atoms with Gasteiger partial charge in [-0.1, -0.05) is 29.8 Å². The number of likely N-dealkylation sites (tertiary alicyclic amines) is 1. The van der Waals surface area contributed by atoms with Crippen LogP contribution in [0.4, 0.5) is 5.69 Å². The van der Waals surface area contributed by atoms with E-state index in [9.17, 15) is 4.79 Å². The summed E-state index contributed by atoms with van der Waals surface area (Å²) in [7, 11) is 3.26. The van der Waals surface area contributed by atoms with Gasteiger partial charge in [-0.2, -0.15) is 0 Å². The molecule has 6 nitrogen and oxygen atoms in total. The minimum absolute atomic E-state index is 0.211. The predicted molar refractivity (Wildman–Crippen MR) is 135 cm³/mol. The number of anilines is 1. The van der Waals surface area contributed by atoms with E-state index in [-0.39, 0.29) is 11.3 Å². The van der Waals surface area contributed by atoms with Crippen molar-refractivity contribution in [1.29, 1.82) is 0 Å². The highest BCUT2D eigenvalue weighted by molar-refractivity contribution is 6.31. The lowest BCUT2D eigenvalue weighted by molar-refractivity contribution is -0.134. The second kappa shape index (κ2) is 9.67. The summed E-state index contributed by atoms with van der Waals surface area (Å²) >= 11 is 6.51. The average molecular weight is 484 g/mol. The molecule has 2 saturated heterocycles. The van der Waals surface area contributed by atoms with Crippen molar-refractivity contribution in [3.63, 3.8) is 0 Å². The number of rotatable bonds is 6. The number of hydrogen-bond donors (Lipinski definition) is 0. The summed E-state index contributed by atoms with van der Waals surface area (Å²) in [5.41, 5.74) is 2.51. The van der Waals surface area contributed by atoms with Crippen LogP contribution in [0.2, 0.25) is 5.02 Å². The number of carbonyl (C=O) groups is 1. The van der Waals surface area contributed by atoms with Crippen LogP contribution in [0.1, 0.15) is 24.8 Å². The molecule has 1 spiro atoms. The summed E-state index contributed by atoms with van der Waals surface area (Å²) < 4.78 is 10.8. The van der Waals surface area contributed by atoms with Crippen molar-refractivity contribution in [2.24, 2.45) is 11.3 Å². The van der Waals surface area contributed by atoms with Crippen molar-refractivity contribution in [3.8, 4) is 11.5 Å². The number of amides is 1. The average Bonchev–Trinajstić information content (AvgIpc) is 3.59. The Labute approximate surface area is 207 Å². The van der Waals surface area contributed by atoms with Gasteiger partial charge in [0.15, 0.2) is 11.5 Å². The third-order valence-corrected chi connectivity index (χ3v) is 8.35. The number of piperazine rings is 1. The van der Waals surface area contributed by atoms with Gasteiger partial charge in [0, 0.05) is 55.4 Å². The Hall–Kier alpha value is -2.44. The number of methoxy groups -OCH3 is 2. The van der Waals surface area contributed by atoms with E-state index >= 15 is 0 Å². The zero-order valence-corrected chi connectivity index (χ0v) is 20.9. The van der Waals surface area contributed by atoms with E-state index in [1.165, 1.54) is 5.69 Å². The van der Waals surface area contributed by atoms with Crippen LogP contribution in [0.25, 0.3) is 0 Å². The molecule has 0 bridgehead atoms. The van der Waals surface area contributed by atoms with Gasteiger partial charge in [0.05, 0.1) is 14.2 Å². The van der Waals surface area contributed by atoms with Gasteiger partial charge in [-0.25, -0.2) is 0 Å². The second-order valence-corrected chi connectivity index (χ2v) is 10.2. The molecule has 1 saturated carbocycles. The van der Waals surface area contributed by atoms with Gasteiger partial charge < -0.3 is 19.3 Å². The first-order valence-electron chi connectivity index (χ1n) is 12.2. The molecule has 7 heteroatoms. The Bertz CT molecular complexity index is 1020. The van der Waals surface area contributed by atoms with Crippen molar-refractivity contribution in [3.05, 3.63) is 53.1 Å². The van der Waals surface area contributed by atoms with E-state index < -0.39 is 0 Å². The molecule has 2 aliphatic heterocycles. The van der Waals surface area contributed by atoms with Crippen LogP contribution >= 0.6 is 11.6 Å². The lowest BCUT2D eigenvalue weighted by Gasteiger charge is -2.37. The van der Waals surface area contributed by atoms with Crippen LogP contribution in [-0.4, -0.2) is 69.2 Å². The van der Waals surface area contributed by atoms with Gasteiger partial charge in [-0.3, -0.25) is 9.69 Å². The summed E-state index contributed by atoms with van der Waals surface area (Å²) in [6.07, 6.45) is 3.21. The topological polar surface area (TPSA) is 45.2 Å². The normalized spacial score (nSPS) is 22.0. The molecule has 0 unspecified atom stereocenters. The summed E-state index contributed by atoms with van der Waals surface area (Å²) in [6.45, 7) is 6.25. The molecule has 2 aromatic rings. The first-order valence-corrected chi connectivity index (χ1v) is 12.6. The Morgan fingerprint density at radius 1 is 0.971 bits per heavy atom. The third kappa shape index (κ3) is 4.58. The van der Waals surface area contributed by atoms with E-state index in [1.807, 2.05) is 18.2 Å². The standard InChI is InChI=1S/C27H34ClN3O3/c1-33-24-16-20(23(28)17-25(24)34-2)19-29-10-8-27(9-11-29)18-22(27)26(32)31-14-12-30(13-15-31)21-6-4-3-5-7-21/h3-7,16-17,22H,8-15,18-19H2,1-2H3/t22-/m1/s1. The second-order valence-electron chi connectivity index (χ2n) is 9.84. The Morgan fingerprint density at radius 3 is 2.26 bits per heavy atom. The van der Waals surface area contributed by atoms with Gasteiger partial charge >= 0.3 is 0 Å². The minimum atomic E-state index is 0.211. The number of carbonyl (C=O) groups excluding carboxylic acids is 1. The number of nitrogens with zero attached hydrogens (tertiary/aromatic N) is 3. The molecule has 2 aromatic carbocycles. The lowest BCUT2D eigenvalue weighted by atomic mass is 9.90. The number of halogens is 1. The molecular weight excluding hydrogens is 450 g/mol. The molecule has 1 amide bonds. The van der Waals surface area contributed by atoms with Crippen LogP contribution < -0.4 is 14.4 Å². The van der Waals surface area contributed by atoms with Crippen LogP contribution in [0.5, 0.6) is 11.5 Å². The highest BCUT2D eigenvalue weighted by Crippen LogP contribution is 2.60. The van der Waals surface area contributed by atoms with Gasteiger partial charge in [-0.05, 0) is 61.5 Å². The van der Waals surface area contributed by atoms with E-state index in [0.717, 1.165) is 70.6 Å². The molecule has 0 N–H and O–H groups in total. The fourth-order valence-corrected chi connectivity index (χ4v) is 5.92. The monoisotopic (exact) mass is 483 g/mol. The number of para-hydroxylation sites is 1. The molecule has 1 atom stereocenters. The summed E-state index contributed by atoms with van der Waals surface area (Å²) in [5.74, 6) is 1.94. The molecule has 0 aromatic heterocycles. The molecule has 34 heavy (non-hydrogen) atoms. The molecule has 3 fully saturated rings. The largest absolute Gasteiger partial charge is 0.493 e. The van der Waals surface area contributed by atoms with E-state index in [4.69, 9.17) is 21.1 Å². The van der Waals surface area contributed by atoms with Crippen LogP contribution in [0, 0.1) is 11.3 Å². The fourth-order valence-electron chi connectivity index (χ4n) is 5.71. The van der Waals surface area contributed by atoms with Crippen molar-refractivity contribution < 1.29 is 14.3 Å². The quantitative estimate of drug-likeness (QED) is 0.612. The van der Waals surface area contributed by atoms with Crippen molar-refractivity contribution >= 4 is 23.2 Å². The van der Waals surface area contributed by atoms with E-state index in [0.29, 0.717) is 22.4 Å². The lowest BCUT2D eigenvalue weighted by Crippen LogP contribution is -2.50. The molecule has 3 aliphatic rings. The summed E-state index contributed by atoms with van der Waals surface area (Å²) in [6, 6.07) is 14.3. The first-order chi connectivity index (χ1) is 16.5. The fraction of sp³-hybridized carbons (Fsp3) is 0.519. The van der Waals surface area contributed by atoms with Gasteiger partial charge in [0.1, 0.15) is 0 Å². The van der Waals surface area contributed by atoms with Crippen molar-refractivity contribution in [2.75, 3.05) is 58.4 Å². The maximum Gasteiger partial charge on any atom is 0.226 e. The molecule has 1 aliphatic carbocycles. The number of ether oxygens (including phenoxy) is 2. The first kappa shape index (κ1) is 23.3. The Balaban J connectivity index is 1.12. The number of piperidine rings is 1. The smallest absolute Gasteiger partial charge is 0.226 e. The molecular formula is C27H34ClN3O3. The third-order valence-electron chi connectivity index (χ3n) is 8.00. The Morgan fingerprint density at radius 2 is 1.62 bits per heavy atom. The SMILES string of the molecule is COc1cc(Cl)c(CN2CCC3(CC2)C[C@@H]3C(=O)N2CCN(c3ccccc3)CC2)cc1OC. The summed E-state index contributed by atoms with van der Waals surface area (Å²) in [4.78, 5) is 20.2. The van der Waals surface area contributed by atoms with E-state index in [1.54, 1.807) is 14.2 Å². The summed E-state index contributed by atoms with van der Waals surface area (Å²) in [5, 5.41) is 0.701. The number of hydrogen-bond acceptors (Lipinski definition) is 5. The minimum Gasteiger partial charge on any atom is -0.493 e. The maximum absolute atomic E-state index is 13.3. The molecule has 182 valence electrons. The molecule has 0 radical (unpaired) electrons. The highest BCUT2D eigenvalue weighted by atomic mass is 35.5. The van der Waals surface area contributed by atoms with Crippen molar-refractivity contribution in [1.82, 2.24) is 9.80 Å². The van der Waals surface area contributed by atoms with Crippen LogP contribution in [0.15, 0.2) is 42.5 Å². The van der Waals surface area contributed by atoms with Gasteiger partial charge in [0.2, 0.25) is 5.91 Å². The van der Waals surface area contributed by atoms with Gasteiger partial charge in [0.25, 0.3) is 0 Å². The maximum atomic E-state index is 13.3. The van der Waals surface area contributed by atoms with Crippen LogP contribution in [0.3, 0.4) is 0 Å². The van der Waals surface area contributed by atoms with Crippen molar-refractivity contribution in [2.45, 2.75) is 25.8 Å². The van der Waals surface area contributed by atoms with Crippen LogP contribution in [-0.2, 0) is 11.3 Å². The molecule has 5 rings (SSSR count). The zero-order valence-electron chi connectivity index (χ0n) is 20.1. The number of benzene rings is 2. The van der Waals surface area contributed by atoms with Gasteiger partial charge in [-0.15, -0.1) is 0 Å². The Kier molecular flexibility index (Phi) is 6.63. The highest BCUT2D eigenvalue weighted by Gasteiger charge is 2.59. The molecule has 2 heterocycles.